The first-order valence-electron chi connectivity index (χ1n) is 26.9. The fourth-order valence-corrected chi connectivity index (χ4v) is 9.18. The van der Waals surface area contributed by atoms with Gasteiger partial charge in [0.05, 0.1) is 49.5 Å². The predicted octanol–water partition coefficient (Wildman–Crippen LogP) is 6.90. The number of fused-ring (bicyclic) bond motifs is 1. The first-order chi connectivity index (χ1) is 38.5. The number of aryl methyl sites for hydroxylation is 1. The van der Waals surface area contributed by atoms with E-state index in [0.717, 1.165) is 68.8 Å². The summed E-state index contributed by atoms with van der Waals surface area (Å²) in [6, 6.07) is 16.7. The van der Waals surface area contributed by atoms with Gasteiger partial charge in [0.25, 0.3) is 11.8 Å². The van der Waals surface area contributed by atoms with Gasteiger partial charge in [0, 0.05) is 60.6 Å². The second-order valence-electron chi connectivity index (χ2n) is 19.3. The van der Waals surface area contributed by atoms with Crippen LogP contribution in [-0.2, 0) is 44.7 Å². The highest BCUT2D eigenvalue weighted by molar-refractivity contribution is 6.35. The molecule has 3 aromatic carbocycles. The maximum atomic E-state index is 14.1. The summed E-state index contributed by atoms with van der Waals surface area (Å²) in [4.78, 5) is 101. The summed E-state index contributed by atoms with van der Waals surface area (Å²) in [6.07, 6.45) is 3.64. The van der Waals surface area contributed by atoms with Gasteiger partial charge in [0.15, 0.2) is 12.2 Å². The highest BCUT2D eigenvalue weighted by atomic mass is 16.6. The van der Waals surface area contributed by atoms with E-state index in [1.165, 1.54) is 38.0 Å². The predicted molar refractivity (Wildman–Crippen MR) is 298 cm³/mol. The standard InChI is InChI=1S/C58H71N9O13/c1-8-65(9-2)24-21-59-55(71)53-36(3)49(62-37(53)4)32-46-45-31-44(16-18-47(45)63-54(46)70)80-52(69)20-19-51(68)78-39(6)57(73)79-38(5)56(72)77-28-26-67(35-40-13-12-14-43(29-40)75-7)58(74)64-48-17-15-41(42-33-60-61-34-42)30-50(48)76-27-25-66-22-10-11-23-66/h12-18,29-34,38-39,62H,8-11,19-28,35H2,1-7H3,(H,59,71)(H,60,61)(H,63,70)(H,64,74)/b46-32-/t38-,39-/m0/s1. The number of benzene rings is 3. The number of anilines is 2. The van der Waals surface area contributed by atoms with E-state index in [9.17, 15) is 33.6 Å². The number of hydrogen-bond donors (Lipinski definition) is 5. The van der Waals surface area contributed by atoms with Crippen LogP contribution in [0, 0.1) is 13.8 Å². The number of nitrogens with one attached hydrogen (secondary N) is 5. The number of likely N-dealkylation sites (tertiary alicyclic amines) is 1. The normalized spacial score (nSPS) is 14.2. The van der Waals surface area contributed by atoms with Gasteiger partial charge in [-0.05, 0) is 132 Å². The average Bonchev–Trinajstić information content (AvgIpc) is 4.31. The van der Waals surface area contributed by atoms with Crippen LogP contribution in [0.25, 0.3) is 22.8 Å². The molecule has 2 aromatic heterocycles. The number of amides is 4. The third-order valence-electron chi connectivity index (χ3n) is 13.7. The van der Waals surface area contributed by atoms with Crippen molar-refractivity contribution >= 4 is 64.7 Å². The van der Waals surface area contributed by atoms with Crippen LogP contribution in [0.4, 0.5) is 16.2 Å². The molecule has 2 aliphatic rings. The summed E-state index contributed by atoms with van der Waals surface area (Å²) in [7, 11) is 1.54. The third-order valence-corrected chi connectivity index (χ3v) is 13.7. The number of aromatic nitrogens is 3. The lowest BCUT2D eigenvalue weighted by molar-refractivity contribution is -0.177. The average molecular weight is 1100 g/mol. The van der Waals surface area contributed by atoms with Gasteiger partial charge in [-0.1, -0.05) is 32.0 Å². The number of esters is 4. The van der Waals surface area contributed by atoms with E-state index < -0.39 is 55.0 Å². The smallest absolute Gasteiger partial charge is 0.347 e. The Morgan fingerprint density at radius 2 is 1.61 bits per heavy atom. The Balaban J connectivity index is 0.883. The number of rotatable bonds is 27. The molecule has 0 unspecified atom stereocenters. The van der Waals surface area contributed by atoms with Crippen LogP contribution < -0.4 is 30.2 Å². The highest BCUT2D eigenvalue weighted by Gasteiger charge is 2.29. The van der Waals surface area contributed by atoms with Crippen molar-refractivity contribution in [3.8, 4) is 28.4 Å². The molecule has 5 N–H and O–H groups in total. The molecule has 426 valence electrons. The molecular formula is C58H71N9O13. The molecule has 2 aliphatic heterocycles. The minimum atomic E-state index is -1.46. The van der Waals surface area contributed by atoms with Gasteiger partial charge in [-0.15, -0.1) is 0 Å². The van der Waals surface area contributed by atoms with E-state index in [2.05, 4.69) is 54.8 Å². The van der Waals surface area contributed by atoms with Gasteiger partial charge in [0.2, 0.25) is 0 Å². The molecular weight excluding hydrogens is 1030 g/mol. The van der Waals surface area contributed by atoms with Gasteiger partial charge >= 0.3 is 29.9 Å². The van der Waals surface area contributed by atoms with Crippen molar-refractivity contribution in [3.63, 3.8) is 0 Å². The molecule has 2 atom stereocenters. The molecule has 80 heavy (non-hydrogen) atoms. The van der Waals surface area contributed by atoms with Crippen molar-refractivity contribution in [2.75, 3.05) is 83.3 Å². The minimum Gasteiger partial charge on any atom is -0.497 e. The first kappa shape index (κ1) is 59.2. The maximum absolute atomic E-state index is 14.1. The molecule has 4 amide bonds. The second kappa shape index (κ2) is 28.4. The summed E-state index contributed by atoms with van der Waals surface area (Å²) in [6.45, 7) is 16.1. The minimum absolute atomic E-state index is 0.0692. The summed E-state index contributed by atoms with van der Waals surface area (Å²) in [5.74, 6) is -3.09. The number of ether oxygens (including phenoxy) is 6. The van der Waals surface area contributed by atoms with Gasteiger partial charge in [-0.2, -0.15) is 5.10 Å². The third kappa shape index (κ3) is 16.1. The summed E-state index contributed by atoms with van der Waals surface area (Å²) in [5.41, 5.74) is 6.46. The number of carbonyl (C=O) groups is 7. The van der Waals surface area contributed by atoms with Gasteiger partial charge in [0.1, 0.15) is 30.5 Å². The summed E-state index contributed by atoms with van der Waals surface area (Å²) < 4.78 is 33.2. The summed E-state index contributed by atoms with van der Waals surface area (Å²) >= 11 is 0. The zero-order valence-corrected chi connectivity index (χ0v) is 46.4. The van der Waals surface area contributed by atoms with Crippen LogP contribution in [0.1, 0.15) is 91.8 Å². The van der Waals surface area contributed by atoms with Crippen molar-refractivity contribution in [1.29, 1.82) is 0 Å². The molecule has 0 radical (unpaired) electrons. The van der Waals surface area contributed by atoms with Crippen molar-refractivity contribution in [2.45, 2.75) is 86.0 Å². The number of nitrogens with zero attached hydrogens (tertiary/aromatic N) is 4. The molecule has 1 saturated heterocycles. The molecule has 0 bridgehead atoms. The molecule has 22 nitrogen and oxygen atoms in total. The topological polar surface area (TPSA) is 265 Å². The molecule has 0 spiro atoms. The molecule has 4 heterocycles. The van der Waals surface area contributed by atoms with Crippen molar-refractivity contribution in [2.24, 2.45) is 0 Å². The van der Waals surface area contributed by atoms with E-state index in [1.54, 1.807) is 62.6 Å². The Morgan fingerprint density at radius 3 is 2.35 bits per heavy atom. The lowest BCUT2D eigenvalue weighted by atomic mass is 10.0. The fourth-order valence-electron chi connectivity index (χ4n) is 9.18. The SMILES string of the molecule is CCN(CC)CCNC(=O)c1c(C)[nH]c(/C=C2\C(=O)Nc3ccc(OC(=O)CCC(=O)O[C@@H](C)C(=O)O[C@@H](C)C(=O)OCCN(Cc4cccc(OC)c4)C(=O)Nc4ccc(-c5cn[nH]c5)cc4OCCN4CCCC4)cc32)c1C. The Labute approximate surface area is 464 Å². The second-order valence-corrected chi connectivity index (χ2v) is 19.3. The van der Waals surface area contributed by atoms with Gasteiger partial charge in [-0.25, -0.2) is 14.4 Å². The number of hydrogen-bond acceptors (Lipinski definition) is 16. The number of H-pyrrole nitrogens is 2. The number of methoxy groups -OCH3 is 1. The van der Waals surface area contributed by atoms with E-state index >= 15 is 0 Å². The Hall–Kier alpha value is -8.50. The van der Waals surface area contributed by atoms with Crippen LogP contribution in [0.3, 0.4) is 0 Å². The van der Waals surface area contributed by atoms with Crippen LogP contribution in [-0.4, -0.2) is 156 Å². The number of likely N-dealkylation sites (N-methyl/N-ethyl adjacent to an activating group) is 1. The Morgan fingerprint density at radius 1 is 0.850 bits per heavy atom. The van der Waals surface area contributed by atoms with Crippen molar-refractivity contribution in [3.05, 3.63) is 107 Å². The first-order valence-corrected chi connectivity index (χ1v) is 26.9. The lowest BCUT2D eigenvalue weighted by Gasteiger charge is -2.25. The molecule has 0 aliphatic carbocycles. The highest BCUT2D eigenvalue weighted by Crippen LogP contribution is 2.37. The zero-order valence-electron chi connectivity index (χ0n) is 46.4. The quantitative estimate of drug-likeness (QED) is 0.0155. The Kier molecular flexibility index (Phi) is 21.0. The Bertz CT molecular complexity index is 3040. The van der Waals surface area contributed by atoms with E-state index in [0.29, 0.717) is 64.1 Å². The van der Waals surface area contributed by atoms with Gasteiger partial charge in [-0.3, -0.25) is 29.2 Å². The maximum Gasteiger partial charge on any atom is 0.347 e. The van der Waals surface area contributed by atoms with Crippen LogP contribution >= 0.6 is 0 Å². The van der Waals surface area contributed by atoms with E-state index in [1.807, 2.05) is 18.2 Å². The largest absolute Gasteiger partial charge is 0.497 e. The zero-order chi connectivity index (χ0) is 57.3. The molecule has 22 heteroatoms. The number of carbonyl (C=O) groups excluding carboxylic acids is 7. The van der Waals surface area contributed by atoms with Crippen LogP contribution in [0.15, 0.2) is 73.1 Å². The lowest BCUT2D eigenvalue weighted by Crippen LogP contribution is -2.38. The summed E-state index contributed by atoms with van der Waals surface area (Å²) in [5, 5.41) is 15.6. The van der Waals surface area contributed by atoms with Crippen molar-refractivity contribution < 1.29 is 62.0 Å². The number of urea groups is 1. The van der Waals surface area contributed by atoms with Crippen LogP contribution in [0.2, 0.25) is 0 Å². The number of aromatic amines is 2. The molecule has 7 rings (SSSR count). The van der Waals surface area contributed by atoms with E-state index in [-0.39, 0.29) is 42.8 Å². The van der Waals surface area contributed by atoms with Gasteiger partial charge < -0.3 is 59.2 Å². The molecule has 0 saturated carbocycles. The van der Waals surface area contributed by atoms with E-state index in [4.69, 9.17) is 28.4 Å². The fraction of sp³-hybridized carbons (Fsp3) is 0.414. The van der Waals surface area contributed by atoms with Crippen molar-refractivity contribution in [1.82, 2.24) is 35.2 Å². The monoisotopic (exact) mass is 1100 g/mol. The molecule has 5 aromatic rings. The van der Waals surface area contributed by atoms with Crippen LogP contribution in [0.5, 0.6) is 17.2 Å². The molecule has 1 fully saturated rings.